The van der Waals surface area contributed by atoms with Gasteiger partial charge in [0.15, 0.2) is 0 Å². The number of ether oxygens (including phenoxy) is 2. The second-order valence-corrected chi connectivity index (χ2v) is 8.66. The Hall–Kier alpha value is -2.09. The number of hydrogen-bond donors (Lipinski definition) is 1. The van der Waals surface area contributed by atoms with Crippen LogP contribution in [-0.4, -0.2) is 54.5 Å². The smallest absolute Gasteiger partial charge is 0.308 e. The molecule has 1 aromatic rings. The number of halogens is 1. The van der Waals surface area contributed by atoms with Crippen LogP contribution in [0.5, 0.6) is 5.75 Å². The lowest BCUT2D eigenvalue weighted by Gasteiger charge is -2.35. The number of amides is 2. The number of nitrogens with one attached hydrogen (secondary N) is 1. The first kappa shape index (κ1) is 22.6. The van der Waals surface area contributed by atoms with Crippen molar-refractivity contribution >= 4 is 33.7 Å². The lowest BCUT2D eigenvalue weighted by molar-refractivity contribution is -0.153. The van der Waals surface area contributed by atoms with Crippen LogP contribution in [0.4, 0.5) is 0 Å². The van der Waals surface area contributed by atoms with Gasteiger partial charge in [-0.05, 0) is 50.3 Å². The highest BCUT2D eigenvalue weighted by molar-refractivity contribution is 9.10. The Labute approximate surface area is 185 Å². The third-order valence-electron chi connectivity index (χ3n) is 5.44. The van der Waals surface area contributed by atoms with Crippen molar-refractivity contribution in [2.75, 3.05) is 19.7 Å². The van der Waals surface area contributed by atoms with Crippen molar-refractivity contribution in [1.29, 1.82) is 0 Å². The van der Waals surface area contributed by atoms with Crippen LogP contribution in [-0.2, 0) is 14.3 Å². The van der Waals surface area contributed by atoms with Gasteiger partial charge in [-0.2, -0.15) is 0 Å². The molecule has 1 aromatic carbocycles. The number of nitrogens with zero attached hydrogens (tertiary/aromatic N) is 1. The van der Waals surface area contributed by atoms with E-state index in [1.165, 1.54) is 4.90 Å². The quantitative estimate of drug-likeness (QED) is 0.604. The van der Waals surface area contributed by atoms with Gasteiger partial charge in [0.2, 0.25) is 5.91 Å². The summed E-state index contributed by atoms with van der Waals surface area (Å²) in [5.74, 6) is -0.619. The first-order chi connectivity index (χ1) is 14.5. The molecule has 7 nitrogen and oxygen atoms in total. The van der Waals surface area contributed by atoms with Crippen molar-refractivity contribution in [2.24, 2.45) is 0 Å². The molecule has 2 fully saturated rings. The molecule has 1 saturated carbocycles. The number of hydrogen-bond acceptors (Lipinski definition) is 5. The number of benzene rings is 1. The minimum absolute atomic E-state index is 0.0822. The Bertz CT molecular complexity index is 779. The van der Waals surface area contributed by atoms with Gasteiger partial charge in [0, 0.05) is 17.6 Å². The fourth-order valence-electron chi connectivity index (χ4n) is 3.90. The number of carbonyl (C=O) groups is 3. The molecule has 0 spiro atoms. The van der Waals surface area contributed by atoms with E-state index < -0.39 is 12.0 Å². The zero-order chi connectivity index (χ0) is 21.5. The first-order valence-electron chi connectivity index (χ1n) is 10.7. The van der Waals surface area contributed by atoms with E-state index in [0.717, 1.165) is 43.0 Å². The Morgan fingerprint density at radius 1 is 1.23 bits per heavy atom. The summed E-state index contributed by atoms with van der Waals surface area (Å²) < 4.78 is 12.1. The molecule has 1 aliphatic carbocycles. The summed E-state index contributed by atoms with van der Waals surface area (Å²) in [5, 5.41) is 2.76. The van der Waals surface area contributed by atoms with E-state index in [1.54, 1.807) is 12.1 Å². The maximum atomic E-state index is 13.4. The van der Waals surface area contributed by atoms with Crippen LogP contribution < -0.4 is 10.1 Å². The topological polar surface area (TPSA) is 84.9 Å². The Morgan fingerprint density at radius 2 is 2.00 bits per heavy atom. The Balaban J connectivity index is 1.75. The van der Waals surface area contributed by atoms with Gasteiger partial charge in [-0.25, -0.2) is 0 Å². The van der Waals surface area contributed by atoms with E-state index in [1.807, 2.05) is 13.0 Å². The van der Waals surface area contributed by atoms with Gasteiger partial charge in [0.05, 0.1) is 18.6 Å². The van der Waals surface area contributed by atoms with Crippen LogP contribution in [0.25, 0.3) is 0 Å². The second kappa shape index (κ2) is 10.8. The third-order valence-corrected chi connectivity index (χ3v) is 5.93. The zero-order valence-corrected chi connectivity index (χ0v) is 18.9. The van der Waals surface area contributed by atoms with Crippen molar-refractivity contribution in [3.8, 4) is 5.75 Å². The summed E-state index contributed by atoms with van der Waals surface area (Å²) in [7, 11) is 0. The molecule has 8 heteroatoms. The molecule has 30 heavy (non-hydrogen) atoms. The summed E-state index contributed by atoms with van der Waals surface area (Å²) in [6.45, 7) is 3.15. The maximum Gasteiger partial charge on any atom is 0.308 e. The molecule has 3 rings (SSSR count). The van der Waals surface area contributed by atoms with E-state index in [9.17, 15) is 14.4 Å². The summed E-state index contributed by atoms with van der Waals surface area (Å²) >= 11 is 3.40. The van der Waals surface area contributed by atoms with Crippen LogP contribution in [0.3, 0.4) is 0 Å². The average Bonchev–Trinajstić information content (AvgIpc) is 2.74. The molecule has 1 atom stereocenters. The van der Waals surface area contributed by atoms with Gasteiger partial charge >= 0.3 is 5.97 Å². The standard InChI is InChI=1S/C22H29BrN2O5/c1-2-12-29-19-9-8-15(23)13-17(19)22(28)25-11-10-24-21(27)18(25)14-20(26)30-16-6-4-3-5-7-16/h8-9,13,16,18H,2-7,10-12,14H2,1H3,(H,24,27)/t18-/m1/s1. The van der Waals surface area contributed by atoms with Gasteiger partial charge < -0.3 is 19.7 Å². The molecule has 0 unspecified atom stereocenters. The van der Waals surface area contributed by atoms with E-state index in [2.05, 4.69) is 21.2 Å². The SMILES string of the molecule is CCCOc1ccc(Br)cc1C(=O)N1CCNC(=O)[C@H]1CC(=O)OC1CCCCC1. The summed E-state index contributed by atoms with van der Waals surface area (Å²) in [5.41, 5.74) is 0.373. The maximum absolute atomic E-state index is 13.4. The average molecular weight is 481 g/mol. The van der Waals surface area contributed by atoms with E-state index >= 15 is 0 Å². The van der Waals surface area contributed by atoms with Gasteiger partial charge in [0.25, 0.3) is 5.91 Å². The van der Waals surface area contributed by atoms with E-state index in [4.69, 9.17) is 9.47 Å². The highest BCUT2D eigenvalue weighted by atomic mass is 79.9. The normalized spacial score (nSPS) is 19.9. The van der Waals surface area contributed by atoms with Gasteiger partial charge in [-0.3, -0.25) is 14.4 Å². The molecule has 0 bridgehead atoms. The lowest BCUT2D eigenvalue weighted by Crippen LogP contribution is -2.58. The molecule has 1 saturated heterocycles. The van der Waals surface area contributed by atoms with Crippen molar-refractivity contribution < 1.29 is 23.9 Å². The van der Waals surface area contributed by atoms with Gasteiger partial charge in [-0.1, -0.05) is 29.3 Å². The van der Waals surface area contributed by atoms with E-state index in [0.29, 0.717) is 31.0 Å². The molecule has 1 aliphatic heterocycles. The highest BCUT2D eigenvalue weighted by Crippen LogP contribution is 2.27. The minimum Gasteiger partial charge on any atom is -0.493 e. The Kier molecular flexibility index (Phi) is 8.13. The van der Waals surface area contributed by atoms with Crippen molar-refractivity contribution in [3.05, 3.63) is 28.2 Å². The number of piperazine rings is 1. The van der Waals surface area contributed by atoms with Crippen LogP contribution in [0.1, 0.15) is 62.2 Å². The monoisotopic (exact) mass is 480 g/mol. The molecule has 2 amide bonds. The van der Waals surface area contributed by atoms with Gasteiger partial charge in [0.1, 0.15) is 17.9 Å². The first-order valence-corrected chi connectivity index (χ1v) is 11.5. The predicted octanol–water partition coefficient (Wildman–Crippen LogP) is 3.44. The highest BCUT2D eigenvalue weighted by Gasteiger charge is 2.37. The van der Waals surface area contributed by atoms with Crippen molar-refractivity contribution in [2.45, 2.75) is 64.0 Å². The molecule has 0 radical (unpaired) electrons. The minimum atomic E-state index is -0.889. The molecule has 164 valence electrons. The van der Waals surface area contributed by atoms with Crippen LogP contribution in [0, 0.1) is 0 Å². The number of carbonyl (C=O) groups excluding carboxylic acids is 3. The summed E-state index contributed by atoms with van der Waals surface area (Å²) in [6.07, 6.45) is 5.57. The summed E-state index contributed by atoms with van der Waals surface area (Å²) in [4.78, 5) is 39.9. The molecular formula is C22H29BrN2O5. The second-order valence-electron chi connectivity index (χ2n) is 7.75. The van der Waals surface area contributed by atoms with Crippen LogP contribution in [0.2, 0.25) is 0 Å². The number of esters is 1. The van der Waals surface area contributed by atoms with E-state index in [-0.39, 0.29) is 24.3 Å². The van der Waals surface area contributed by atoms with Crippen molar-refractivity contribution in [1.82, 2.24) is 10.2 Å². The number of rotatable bonds is 7. The van der Waals surface area contributed by atoms with Crippen molar-refractivity contribution in [3.63, 3.8) is 0 Å². The molecule has 1 N–H and O–H groups in total. The molecule has 0 aromatic heterocycles. The lowest BCUT2D eigenvalue weighted by atomic mass is 9.98. The fraction of sp³-hybridized carbons (Fsp3) is 0.591. The summed E-state index contributed by atoms with van der Waals surface area (Å²) in [6, 6.07) is 4.35. The van der Waals surface area contributed by atoms with Crippen LogP contribution in [0.15, 0.2) is 22.7 Å². The largest absolute Gasteiger partial charge is 0.493 e. The van der Waals surface area contributed by atoms with Gasteiger partial charge in [-0.15, -0.1) is 0 Å². The van der Waals surface area contributed by atoms with Crippen LogP contribution >= 0.6 is 15.9 Å². The predicted molar refractivity (Wildman–Crippen MR) is 115 cm³/mol. The zero-order valence-electron chi connectivity index (χ0n) is 17.3. The molecule has 1 heterocycles. The molecular weight excluding hydrogens is 452 g/mol. The third kappa shape index (κ3) is 5.74. The molecule has 2 aliphatic rings. The Morgan fingerprint density at radius 3 is 2.73 bits per heavy atom. The fourth-order valence-corrected chi connectivity index (χ4v) is 4.26.